The lowest BCUT2D eigenvalue weighted by Gasteiger charge is -2.02. The summed E-state index contributed by atoms with van der Waals surface area (Å²) in [5.74, 6) is -0.131. The molecule has 4 heteroatoms. The summed E-state index contributed by atoms with van der Waals surface area (Å²) in [5.41, 5.74) is 1.45. The second kappa shape index (κ2) is 4.74. The minimum absolute atomic E-state index is 0.176. The van der Waals surface area contributed by atoms with Crippen molar-refractivity contribution < 1.29 is 19.1 Å². The van der Waals surface area contributed by atoms with Gasteiger partial charge in [-0.2, -0.15) is 0 Å². The second-order valence-electron chi connectivity index (χ2n) is 3.43. The third kappa shape index (κ3) is 2.30. The monoisotopic (exact) mass is 232 g/mol. The molecule has 0 saturated heterocycles. The summed E-state index contributed by atoms with van der Waals surface area (Å²) >= 11 is 0. The van der Waals surface area contributed by atoms with E-state index in [9.17, 15) is 9.90 Å². The van der Waals surface area contributed by atoms with Crippen LogP contribution in [0.25, 0.3) is 11.1 Å². The molecule has 88 valence electrons. The molecule has 0 aliphatic rings. The lowest BCUT2D eigenvalue weighted by molar-refractivity contribution is 0.0491. The quantitative estimate of drug-likeness (QED) is 0.826. The largest absolute Gasteiger partial charge is 0.508 e. The summed E-state index contributed by atoms with van der Waals surface area (Å²) in [6.07, 6.45) is 1.44. The van der Waals surface area contributed by atoms with Crippen LogP contribution in [0.4, 0.5) is 0 Å². The first-order valence-electron chi connectivity index (χ1n) is 5.26. The van der Waals surface area contributed by atoms with E-state index in [-0.39, 0.29) is 11.5 Å². The predicted octanol–water partition coefficient (Wildman–Crippen LogP) is 2.83. The number of aromatic hydroxyl groups is 1. The third-order valence-electron chi connectivity index (χ3n) is 2.30. The molecule has 0 radical (unpaired) electrons. The van der Waals surface area contributed by atoms with Crippen LogP contribution in [0.2, 0.25) is 0 Å². The molecule has 1 heterocycles. The number of hydrogen-bond acceptors (Lipinski definition) is 4. The van der Waals surface area contributed by atoms with Crippen molar-refractivity contribution in [2.24, 2.45) is 0 Å². The van der Waals surface area contributed by atoms with Crippen LogP contribution in [0.15, 0.2) is 41.0 Å². The van der Waals surface area contributed by atoms with Gasteiger partial charge in [-0.1, -0.05) is 12.1 Å². The summed E-state index contributed by atoms with van der Waals surface area (Å²) in [7, 11) is 0. The number of carbonyl (C=O) groups excluding carboxylic acids is 1. The number of furan rings is 1. The van der Waals surface area contributed by atoms with E-state index in [1.54, 1.807) is 37.3 Å². The van der Waals surface area contributed by atoms with Crippen molar-refractivity contribution in [2.45, 2.75) is 6.92 Å². The minimum atomic E-state index is -0.486. The number of ether oxygens (including phenoxy) is 1. The topological polar surface area (TPSA) is 59.7 Å². The van der Waals surface area contributed by atoms with E-state index >= 15 is 0 Å². The van der Waals surface area contributed by atoms with E-state index in [0.717, 1.165) is 5.56 Å². The predicted molar refractivity (Wildman–Crippen MR) is 61.8 cm³/mol. The zero-order valence-electron chi connectivity index (χ0n) is 9.34. The van der Waals surface area contributed by atoms with Gasteiger partial charge in [-0.3, -0.25) is 0 Å². The molecule has 2 rings (SSSR count). The molecule has 0 unspecified atom stereocenters. The van der Waals surface area contributed by atoms with Crippen molar-refractivity contribution in [1.82, 2.24) is 0 Å². The van der Waals surface area contributed by atoms with Gasteiger partial charge in [-0.25, -0.2) is 4.79 Å². The van der Waals surface area contributed by atoms with E-state index in [1.165, 1.54) is 6.26 Å². The molecule has 0 aliphatic heterocycles. The van der Waals surface area contributed by atoms with Crippen LogP contribution in [0.5, 0.6) is 5.75 Å². The van der Waals surface area contributed by atoms with Crippen LogP contribution in [0.1, 0.15) is 17.5 Å². The Hall–Kier alpha value is -2.23. The van der Waals surface area contributed by atoms with Gasteiger partial charge in [0.05, 0.1) is 12.9 Å². The molecule has 17 heavy (non-hydrogen) atoms. The van der Waals surface area contributed by atoms with Gasteiger partial charge < -0.3 is 14.3 Å². The van der Waals surface area contributed by atoms with Crippen molar-refractivity contribution in [3.05, 3.63) is 42.4 Å². The molecular weight excluding hydrogens is 220 g/mol. The van der Waals surface area contributed by atoms with Gasteiger partial charge in [0, 0.05) is 5.56 Å². The average Bonchev–Trinajstić information content (AvgIpc) is 2.79. The summed E-state index contributed by atoms with van der Waals surface area (Å²) in [4.78, 5) is 11.6. The van der Waals surface area contributed by atoms with Crippen LogP contribution >= 0.6 is 0 Å². The summed E-state index contributed by atoms with van der Waals surface area (Å²) in [5, 5.41) is 9.20. The van der Waals surface area contributed by atoms with Crippen molar-refractivity contribution >= 4 is 5.97 Å². The molecule has 0 aliphatic carbocycles. The van der Waals surface area contributed by atoms with Crippen LogP contribution in [-0.2, 0) is 4.74 Å². The number of rotatable bonds is 3. The van der Waals surface area contributed by atoms with Crippen LogP contribution < -0.4 is 0 Å². The van der Waals surface area contributed by atoms with Gasteiger partial charge in [0.15, 0.2) is 0 Å². The number of carbonyl (C=O) groups is 1. The Morgan fingerprint density at radius 2 is 2.00 bits per heavy atom. The van der Waals surface area contributed by atoms with Crippen molar-refractivity contribution in [3.63, 3.8) is 0 Å². The average molecular weight is 232 g/mol. The maximum absolute atomic E-state index is 11.6. The zero-order valence-corrected chi connectivity index (χ0v) is 9.34. The highest BCUT2D eigenvalue weighted by Gasteiger charge is 2.17. The Morgan fingerprint density at radius 3 is 2.65 bits per heavy atom. The summed E-state index contributed by atoms with van der Waals surface area (Å²) in [6.45, 7) is 2.04. The molecule has 0 spiro atoms. The molecule has 1 aromatic carbocycles. The number of hydrogen-bond donors (Lipinski definition) is 1. The second-order valence-corrected chi connectivity index (χ2v) is 3.43. The molecule has 0 fully saturated rings. The lowest BCUT2D eigenvalue weighted by Crippen LogP contribution is -2.04. The first-order valence-corrected chi connectivity index (χ1v) is 5.26. The molecule has 0 saturated carbocycles. The number of benzene rings is 1. The highest BCUT2D eigenvalue weighted by atomic mass is 16.5. The van der Waals surface area contributed by atoms with Crippen LogP contribution in [-0.4, -0.2) is 17.7 Å². The molecule has 2 aromatic rings. The fourth-order valence-corrected chi connectivity index (χ4v) is 1.53. The molecule has 1 aromatic heterocycles. The fraction of sp³-hybridized carbons (Fsp3) is 0.154. The Morgan fingerprint density at radius 1 is 1.29 bits per heavy atom. The van der Waals surface area contributed by atoms with Crippen molar-refractivity contribution in [3.8, 4) is 16.9 Å². The van der Waals surface area contributed by atoms with E-state index in [1.807, 2.05) is 0 Å². The van der Waals surface area contributed by atoms with Gasteiger partial charge in [0.1, 0.15) is 5.75 Å². The highest BCUT2D eigenvalue weighted by Crippen LogP contribution is 2.26. The van der Waals surface area contributed by atoms with Gasteiger partial charge in [0.2, 0.25) is 5.76 Å². The van der Waals surface area contributed by atoms with Gasteiger partial charge >= 0.3 is 5.97 Å². The van der Waals surface area contributed by atoms with E-state index < -0.39 is 5.97 Å². The number of phenolic OH excluding ortho intramolecular Hbond substituents is 1. The standard InChI is InChI=1S/C13H12O4/c1-2-16-13(15)12-11(7-8-17-12)9-3-5-10(14)6-4-9/h3-8,14H,2H2,1H3. The normalized spacial score (nSPS) is 10.2. The number of esters is 1. The third-order valence-corrected chi connectivity index (χ3v) is 2.30. The first-order chi connectivity index (χ1) is 8.22. The van der Waals surface area contributed by atoms with E-state index in [4.69, 9.17) is 9.15 Å². The Kier molecular flexibility index (Phi) is 3.14. The smallest absolute Gasteiger partial charge is 0.374 e. The van der Waals surface area contributed by atoms with Crippen LogP contribution in [0.3, 0.4) is 0 Å². The molecule has 4 nitrogen and oxygen atoms in total. The SMILES string of the molecule is CCOC(=O)c1occc1-c1ccc(O)cc1. The summed E-state index contributed by atoms with van der Waals surface area (Å²) in [6, 6.07) is 8.22. The molecule has 0 atom stereocenters. The van der Waals surface area contributed by atoms with Gasteiger partial charge in [0.25, 0.3) is 0 Å². The highest BCUT2D eigenvalue weighted by molar-refractivity contribution is 5.94. The van der Waals surface area contributed by atoms with Gasteiger partial charge in [-0.05, 0) is 30.7 Å². The number of phenols is 1. The first kappa shape index (κ1) is 11.3. The fourth-order valence-electron chi connectivity index (χ4n) is 1.53. The Labute approximate surface area is 98.4 Å². The maximum Gasteiger partial charge on any atom is 0.374 e. The van der Waals surface area contributed by atoms with Crippen molar-refractivity contribution in [2.75, 3.05) is 6.61 Å². The van der Waals surface area contributed by atoms with Gasteiger partial charge in [-0.15, -0.1) is 0 Å². The molecule has 0 amide bonds. The summed E-state index contributed by atoms with van der Waals surface area (Å²) < 4.78 is 10.0. The maximum atomic E-state index is 11.6. The molecule has 1 N–H and O–H groups in total. The molecule has 0 bridgehead atoms. The minimum Gasteiger partial charge on any atom is -0.508 e. The van der Waals surface area contributed by atoms with Crippen molar-refractivity contribution in [1.29, 1.82) is 0 Å². The zero-order chi connectivity index (χ0) is 12.3. The Bertz CT molecular complexity index is 510. The lowest BCUT2D eigenvalue weighted by atomic mass is 10.1. The van der Waals surface area contributed by atoms with Crippen LogP contribution in [0, 0.1) is 0 Å². The van der Waals surface area contributed by atoms with E-state index in [0.29, 0.717) is 12.2 Å². The van der Waals surface area contributed by atoms with E-state index in [2.05, 4.69) is 0 Å². The Balaban J connectivity index is 2.36. The molecular formula is C13H12O4.